The predicted molar refractivity (Wildman–Crippen MR) is 147 cm³/mol. The van der Waals surface area contributed by atoms with Gasteiger partial charge in [-0.1, -0.05) is 59.6 Å². The Morgan fingerprint density at radius 1 is 1.11 bits per heavy atom. The first kappa shape index (κ1) is 28.4. The van der Waals surface area contributed by atoms with Gasteiger partial charge in [-0.3, -0.25) is 19.3 Å². The number of carboxylic acid groups (broad SMARTS) is 1. The number of fused-ring (bicyclic) bond motifs is 1. The molecule has 0 aromatic heterocycles. The molecule has 1 unspecified atom stereocenters. The van der Waals surface area contributed by atoms with Crippen molar-refractivity contribution >= 4 is 41.0 Å². The zero-order valence-corrected chi connectivity index (χ0v) is 22.7. The molecular formula is C28H34Cl2N4O4. The van der Waals surface area contributed by atoms with Gasteiger partial charge in [0.2, 0.25) is 11.8 Å². The second kappa shape index (κ2) is 12.9. The van der Waals surface area contributed by atoms with Gasteiger partial charge in [0.05, 0.1) is 16.1 Å². The second-order valence-electron chi connectivity index (χ2n) is 10.1. The zero-order valence-electron chi connectivity index (χ0n) is 21.2. The van der Waals surface area contributed by atoms with E-state index in [1.807, 2.05) is 18.2 Å². The van der Waals surface area contributed by atoms with Gasteiger partial charge in [0.25, 0.3) is 0 Å². The number of amides is 2. The van der Waals surface area contributed by atoms with Gasteiger partial charge in [-0.2, -0.15) is 0 Å². The molecule has 38 heavy (non-hydrogen) atoms. The highest BCUT2D eigenvalue weighted by atomic mass is 35.5. The van der Waals surface area contributed by atoms with E-state index in [0.717, 1.165) is 18.4 Å². The van der Waals surface area contributed by atoms with Crippen molar-refractivity contribution in [1.82, 2.24) is 15.1 Å². The van der Waals surface area contributed by atoms with E-state index in [1.165, 1.54) is 5.56 Å². The quantitative estimate of drug-likeness (QED) is 0.409. The van der Waals surface area contributed by atoms with E-state index in [-0.39, 0.29) is 43.3 Å². The van der Waals surface area contributed by atoms with Gasteiger partial charge in [0, 0.05) is 38.1 Å². The lowest BCUT2D eigenvalue weighted by molar-refractivity contribution is -0.144. The minimum atomic E-state index is -1.01. The number of nitrogens with one attached hydrogen (secondary N) is 1. The summed E-state index contributed by atoms with van der Waals surface area (Å²) < 4.78 is 0. The molecule has 2 fully saturated rings. The van der Waals surface area contributed by atoms with Crippen LogP contribution in [0.25, 0.3) is 0 Å². The number of halogens is 2. The molecular weight excluding hydrogens is 527 g/mol. The van der Waals surface area contributed by atoms with Crippen molar-refractivity contribution in [3.63, 3.8) is 0 Å². The standard InChI is InChI=1S/C28H34Cl2N4O4/c29-22-9-7-19(14-23(22)30)16-32-27(37)24(10-11-26(35)36)33-13-12-21(8-6-18-4-2-1-3-5-18)34-17-20(31)15-25(34)28(33)38/h1-5,7,9,14,20-21,24-25H,6,8,10-13,15-17,31H2,(H,32,37)(H,35,36)/t20-,21?,24+,25+/m1/s1. The topological polar surface area (TPSA) is 116 Å². The summed E-state index contributed by atoms with van der Waals surface area (Å²) in [6.07, 6.45) is 2.77. The van der Waals surface area contributed by atoms with Crippen LogP contribution >= 0.6 is 23.2 Å². The summed E-state index contributed by atoms with van der Waals surface area (Å²) in [4.78, 5) is 42.4. The molecule has 4 atom stereocenters. The number of hydrogen-bond donors (Lipinski definition) is 3. The van der Waals surface area contributed by atoms with Crippen molar-refractivity contribution < 1.29 is 19.5 Å². The number of benzene rings is 2. The molecule has 0 bridgehead atoms. The van der Waals surface area contributed by atoms with Crippen molar-refractivity contribution in [1.29, 1.82) is 0 Å². The molecule has 2 aromatic rings. The zero-order chi connectivity index (χ0) is 27.2. The molecule has 0 spiro atoms. The van der Waals surface area contributed by atoms with Crippen molar-refractivity contribution in [2.75, 3.05) is 13.1 Å². The van der Waals surface area contributed by atoms with E-state index in [4.69, 9.17) is 28.9 Å². The number of aryl methyl sites for hydroxylation is 1. The normalized spacial score (nSPS) is 22.6. The number of aliphatic carboxylic acids is 1. The number of rotatable bonds is 10. The molecule has 2 aliphatic heterocycles. The maximum atomic E-state index is 13.8. The maximum absolute atomic E-state index is 13.8. The molecule has 2 aromatic carbocycles. The van der Waals surface area contributed by atoms with Crippen LogP contribution in [0.15, 0.2) is 48.5 Å². The lowest BCUT2D eigenvalue weighted by atomic mass is 10.0. The van der Waals surface area contributed by atoms with Gasteiger partial charge < -0.3 is 21.1 Å². The highest BCUT2D eigenvalue weighted by molar-refractivity contribution is 6.42. The van der Waals surface area contributed by atoms with Crippen LogP contribution in [0, 0.1) is 0 Å². The van der Waals surface area contributed by atoms with Crippen LogP contribution in [0.3, 0.4) is 0 Å². The van der Waals surface area contributed by atoms with Gasteiger partial charge in [0.1, 0.15) is 6.04 Å². The molecule has 4 N–H and O–H groups in total. The molecule has 0 saturated carbocycles. The minimum absolute atomic E-state index is 0.0295. The molecule has 0 aliphatic carbocycles. The summed E-state index contributed by atoms with van der Waals surface area (Å²) in [6.45, 7) is 1.19. The Balaban J connectivity index is 1.51. The highest BCUT2D eigenvalue weighted by Gasteiger charge is 2.45. The Bertz CT molecular complexity index is 1150. The Morgan fingerprint density at radius 2 is 1.87 bits per heavy atom. The Morgan fingerprint density at radius 3 is 2.58 bits per heavy atom. The first-order valence-electron chi connectivity index (χ1n) is 13.0. The monoisotopic (exact) mass is 560 g/mol. The Hall–Kier alpha value is -2.65. The van der Waals surface area contributed by atoms with Gasteiger partial charge >= 0.3 is 5.97 Å². The van der Waals surface area contributed by atoms with Crippen LogP contribution in [0.5, 0.6) is 0 Å². The molecule has 204 valence electrons. The fraction of sp³-hybridized carbons (Fsp3) is 0.464. The summed E-state index contributed by atoms with van der Waals surface area (Å²) in [5, 5.41) is 13.0. The number of hydrogen-bond acceptors (Lipinski definition) is 5. The third-order valence-corrected chi connectivity index (χ3v) is 8.22. The van der Waals surface area contributed by atoms with Gasteiger partial charge in [-0.25, -0.2) is 0 Å². The SMILES string of the molecule is N[C@@H]1C[C@H]2C(=O)N([C@@H](CCC(=O)O)C(=O)NCc3ccc(Cl)c(Cl)c3)CCC(CCc3ccccc3)N2C1. The minimum Gasteiger partial charge on any atom is -0.481 e. The van der Waals surface area contributed by atoms with E-state index in [0.29, 0.717) is 36.0 Å². The molecule has 10 heteroatoms. The van der Waals surface area contributed by atoms with Crippen LogP contribution < -0.4 is 11.1 Å². The molecule has 0 radical (unpaired) electrons. The summed E-state index contributed by atoms with van der Waals surface area (Å²) in [6, 6.07) is 14.0. The van der Waals surface area contributed by atoms with Gasteiger partial charge in [-0.15, -0.1) is 0 Å². The average molecular weight is 562 g/mol. The van der Waals surface area contributed by atoms with Gasteiger partial charge in [-0.05, 0) is 55.4 Å². The van der Waals surface area contributed by atoms with Crippen LogP contribution in [0.2, 0.25) is 10.0 Å². The van der Waals surface area contributed by atoms with Crippen molar-refractivity contribution in [3.05, 3.63) is 69.7 Å². The van der Waals surface area contributed by atoms with Crippen LogP contribution in [0.1, 0.15) is 43.2 Å². The Labute approximate surface area is 233 Å². The van der Waals surface area contributed by atoms with Crippen molar-refractivity contribution in [2.24, 2.45) is 5.73 Å². The van der Waals surface area contributed by atoms with E-state index in [1.54, 1.807) is 23.1 Å². The fourth-order valence-electron chi connectivity index (χ4n) is 5.54. The largest absolute Gasteiger partial charge is 0.481 e. The average Bonchev–Trinajstić information content (AvgIpc) is 3.24. The molecule has 2 heterocycles. The second-order valence-corrected chi connectivity index (χ2v) is 10.9. The number of carbonyl (C=O) groups is 3. The van der Waals surface area contributed by atoms with Crippen LogP contribution in [-0.4, -0.2) is 69.9 Å². The van der Waals surface area contributed by atoms with E-state index in [2.05, 4.69) is 22.3 Å². The number of nitrogens with zero attached hydrogens (tertiary/aromatic N) is 2. The van der Waals surface area contributed by atoms with E-state index >= 15 is 0 Å². The lowest BCUT2D eigenvalue weighted by Crippen LogP contribution is -2.53. The number of nitrogens with two attached hydrogens (primary N) is 1. The molecule has 2 saturated heterocycles. The molecule has 2 amide bonds. The fourth-order valence-corrected chi connectivity index (χ4v) is 5.86. The third kappa shape index (κ3) is 7.05. The third-order valence-electron chi connectivity index (χ3n) is 7.48. The smallest absolute Gasteiger partial charge is 0.303 e. The molecule has 4 rings (SSSR count). The summed E-state index contributed by atoms with van der Waals surface area (Å²) in [5.74, 6) is -1.55. The molecule has 2 aliphatic rings. The molecule has 8 nitrogen and oxygen atoms in total. The number of carbonyl (C=O) groups excluding carboxylic acids is 2. The summed E-state index contributed by atoms with van der Waals surface area (Å²) >= 11 is 12.1. The summed E-state index contributed by atoms with van der Waals surface area (Å²) in [5.41, 5.74) is 8.29. The van der Waals surface area contributed by atoms with Gasteiger partial charge in [0.15, 0.2) is 0 Å². The summed E-state index contributed by atoms with van der Waals surface area (Å²) in [7, 11) is 0. The first-order chi connectivity index (χ1) is 18.2. The number of carboxylic acids is 1. The van der Waals surface area contributed by atoms with Crippen molar-refractivity contribution in [2.45, 2.75) is 69.2 Å². The Kier molecular flexibility index (Phi) is 9.65. The van der Waals surface area contributed by atoms with E-state index < -0.39 is 18.1 Å². The van der Waals surface area contributed by atoms with Crippen LogP contribution in [-0.2, 0) is 27.3 Å². The van der Waals surface area contributed by atoms with E-state index in [9.17, 15) is 19.5 Å². The highest BCUT2D eigenvalue weighted by Crippen LogP contribution is 2.30. The van der Waals surface area contributed by atoms with Crippen LogP contribution in [0.4, 0.5) is 0 Å². The lowest BCUT2D eigenvalue weighted by Gasteiger charge is -2.32. The predicted octanol–water partition coefficient (Wildman–Crippen LogP) is 3.48. The van der Waals surface area contributed by atoms with Crippen molar-refractivity contribution in [3.8, 4) is 0 Å². The first-order valence-corrected chi connectivity index (χ1v) is 13.8. The maximum Gasteiger partial charge on any atom is 0.303 e.